The number of halogens is 1. The van der Waals surface area contributed by atoms with Crippen LogP contribution in [0.5, 0.6) is 11.5 Å². The van der Waals surface area contributed by atoms with Crippen LogP contribution in [0.1, 0.15) is 32.3 Å². The first-order valence-electron chi connectivity index (χ1n) is 10.4. The first kappa shape index (κ1) is 22.1. The Balaban J connectivity index is 1.75. The number of hydrogen-bond donors (Lipinski definition) is 0. The van der Waals surface area contributed by atoms with Crippen LogP contribution in [0.25, 0.3) is 0 Å². The maximum atomic E-state index is 13.5. The number of piperidine rings is 1. The van der Waals surface area contributed by atoms with E-state index < -0.39 is 0 Å². The Kier molecular flexibility index (Phi) is 7.32. The number of carbonyl (C=O) groups excluding carboxylic acids is 1. The summed E-state index contributed by atoms with van der Waals surface area (Å²) in [6, 6.07) is 12.5. The molecule has 30 heavy (non-hydrogen) atoms. The summed E-state index contributed by atoms with van der Waals surface area (Å²) in [5.74, 6) is 1.04. The van der Waals surface area contributed by atoms with E-state index in [2.05, 4.69) is 4.90 Å². The average molecular weight is 415 g/mol. The summed E-state index contributed by atoms with van der Waals surface area (Å²) >= 11 is 0. The normalized spacial score (nSPS) is 15.3. The van der Waals surface area contributed by atoms with E-state index in [-0.39, 0.29) is 23.7 Å². The maximum absolute atomic E-state index is 13.5. The minimum Gasteiger partial charge on any atom is -0.493 e. The highest BCUT2D eigenvalue weighted by molar-refractivity contribution is 5.95. The molecule has 6 heteroatoms. The number of hydrogen-bond acceptors (Lipinski definition) is 4. The third kappa shape index (κ3) is 5.11. The first-order chi connectivity index (χ1) is 14.4. The molecule has 1 amide bonds. The van der Waals surface area contributed by atoms with Gasteiger partial charge in [0.25, 0.3) is 0 Å². The largest absolute Gasteiger partial charge is 0.493 e. The van der Waals surface area contributed by atoms with Gasteiger partial charge >= 0.3 is 0 Å². The van der Waals surface area contributed by atoms with E-state index in [1.807, 2.05) is 43.0 Å². The molecule has 0 saturated carbocycles. The second-order valence-corrected chi connectivity index (χ2v) is 8.04. The molecule has 0 aliphatic carbocycles. The van der Waals surface area contributed by atoms with Gasteiger partial charge < -0.3 is 14.4 Å². The lowest BCUT2D eigenvalue weighted by molar-refractivity contribution is -0.122. The number of carbonyl (C=O) groups is 1. The lowest BCUT2D eigenvalue weighted by atomic mass is 9.99. The van der Waals surface area contributed by atoms with E-state index in [9.17, 15) is 9.18 Å². The molecule has 3 rings (SSSR count). The third-order valence-electron chi connectivity index (χ3n) is 5.59. The van der Waals surface area contributed by atoms with Crippen molar-refractivity contribution < 1.29 is 18.7 Å². The molecule has 0 spiro atoms. The summed E-state index contributed by atoms with van der Waals surface area (Å²) in [6.45, 7) is 6.29. The van der Waals surface area contributed by atoms with Crippen LogP contribution in [0.3, 0.4) is 0 Å². The van der Waals surface area contributed by atoms with Crippen molar-refractivity contribution in [3.8, 4) is 11.5 Å². The molecule has 2 aromatic rings. The van der Waals surface area contributed by atoms with Crippen LogP contribution in [-0.4, -0.2) is 44.2 Å². The number of nitrogens with zero attached hydrogens (tertiary/aromatic N) is 2. The van der Waals surface area contributed by atoms with Crippen molar-refractivity contribution in [2.45, 2.75) is 39.3 Å². The van der Waals surface area contributed by atoms with Gasteiger partial charge in [0.15, 0.2) is 11.5 Å². The molecule has 1 fully saturated rings. The van der Waals surface area contributed by atoms with Crippen LogP contribution in [0, 0.1) is 11.7 Å². The minimum absolute atomic E-state index is 0.103. The Morgan fingerprint density at radius 1 is 1.10 bits per heavy atom. The van der Waals surface area contributed by atoms with Crippen molar-refractivity contribution in [2.75, 3.05) is 32.2 Å². The average Bonchev–Trinajstić information content (AvgIpc) is 2.74. The Hall–Kier alpha value is -2.60. The van der Waals surface area contributed by atoms with E-state index >= 15 is 0 Å². The molecule has 1 saturated heterocycles. The lowest BCUT2D eigenvalue weighted by Crippen LogP contribution is -2.48. The van der Waals surface area contributed by atoms with Gasteiger partial charge in [0.1, 0.15) is 5.82 Å². The highest BCUT2D eigenvalue weighted by Gasteiger charge is 2.31. The van der Waals surface area contributed by atoms with Gasteiger partial charge in [-0.1, -0.05) is 26.0 Å². The standard InChI is InChI=1S/C24H31FN2O3/c1-17(2)24(28)27(21-8-9-22(29-3)23(15-21)30-4)20-10-12-26(13-11-20)16-18-6-5-7-19(25)14-18/h5-9,14-15,17,20H,10-13,16H2,1-4H3. The number of methoxy groups -OCH3 is 2. The summed E-state index contributed by atoms with van der Waals surface area (Å²) in [7, 11) is 3.20. The fourth-order valence-corrected chi connectivity index (χ4v) is 4.00. The summed E-state index contributed by atoms with van der Waals surface area (Å²) in [5.41, 5.74) is 1.80. The molecular weight excluding hydrogens is 383 g/mol. The topological polar surface area (TPSA) is 42.0 Å². The van der Waals surface area contributed by atoms with Crippen molar-refractivity contribution >= 4 is 11.6 Å². The predicted octanol–water partition coefficient (Wildman–Crippen LogP) is 4.50. The molecule has 0 bridgehead atoms. The van der Waals surface area contributed by atoms with Gasteiger partial charge in [-0.15, -0.1) is 0 Å². The molecular formula is C24H31FN2O3. The zero-order valence-electron chi connectivity index (χ0n) is 18.2. The van der Waals surface area contributed by atoms with Crippen LogP contribution in [-0.2, 0) is 11.3 Å². The molecule has 0 atom stereocenters. The quantitative estimate of drug-likeness (QED) is 0.669. The Morgan fingerprint density at radius 2 is 1.80 bits per heavy atom. The number of likely N-dealkylation sites (tertiary alicyclic amines) is 1. The van der Waals surface area contributed by atoms with Gasteiger partial charge in [-0.3, -0.25) is 9.69 Å². The molecule has 0 N–H and O–H groups in total. The van der Waals surface area contributed by atoms with Crippen molar-refractivity contribution in [3.05, 3.63) is 53.8 Å². The molecule has 0 aromatic heterocycles. The van der Waals surface area contributed by atoms with Gasteiger partial charge in [0, 0.05) is 43.3 Å². The number of amides is 1. The molecule has 1 heterocycles. The van der Waals surface area contributed by atoms with E-state index in [0.29, 0.717) is 11.5 Å². The maximum Gasteiger partial charge on any atom is 0.229 e. The Labute approximate surface area is 178 Å². The molecule has 0 unspecified atom stereocenters. The monoisotopic (exact) mass is 414 g/mol. The van der Waals surface area contributed by atoms with Crippen LogP contribution in [0.15, 0.2) is 42.5 Å². The van der Waals surface area contributed by atoms with Crippen LogP contribution < -0.4 is 14.4 Å². The zero-order valence-corrected chi connectivity index (χ0v) is 18.2. The summed E-state index contributed by atoms with van der Waals surface area (Å²) in [5, 5.41) is 0. The van der Waals surface area contributed by atoms with Gasteiger partial charge in [0.05, 0.1) is 14.2 Å². The second-order valence-electron chi connectivity index (χ2n) is 8.04. The number of benzene rings is 2. The fourth-order valence-electron chi connectivity index (χ4n) is 4.00. The van der Waals surface area contributed by atoms with Gasteiger partial charge in [-0.2, -0.15) is 0 Å². The summed E-state index contributed by atoms with van der Waals surface area (Å²) in [6.07, 6.45) is 1.73. The summed E-state index contributed by atoms with van der Waals surface area (Å²) < 4.78 is 24.3. The van der Waals surface area contributed by atoms with E-state index in [1.165, 1.54) is 6.07 Å². The predicted molar refractivity (Wildman–Crippen MR) is 117 cm³/mol. The van der Waals surface area contributed by atoms with E-state index in [4.69, 9.17) is 9.47 Å². The molecule has 1 aliphatic heterocycles. The van der Waals surface area contributed by atoms with Crippen molar-refractivity contribution in [1.82, 2.24) is 4.90 Å². The Morgan fingerprint density at radius 3 is 2.40 bits per heavy atom. The van der Waals surface area contributed by atoms with E-state index in [0.717, 1.165) is 43.7 Å². The fraction of sp³-hybridized carbons (Fsp3) is 0.458. The van der Waals surface area contributed by atoms with Crippen LogP contribution in [0.2, 0.25) is 0 Å². The zero-order chi connectivity index (χ0) is 21.7. The number of rotatable bonds is 7. The van der Waals surface area contributed by atoms with Crippen molar-refractivity contribution in [3.63, 3.8) is 0 Å². The van der Waals surface area contributed by atoms with Crippen molar-refractivity contribution in [2.24, 2.45) is 5.92 Å². The molecule has 5 nitrogen and oxygen atoms in total. The first-order valence-corrected chi connectivity index (χ1v) is 10.4. The Bertz CT molecular complexity index is 863. The number of ether oxygens (including phenoxy) is 2. The van der Waals surface area contributed by atoms with Gasteiger partial charge in [-0.25, -0.2) is 4.39 Å². The molecule has 162 valence electrons. The smallest absolute Gasteiger partial charge is 0.229 e. The SMILES string of the molecule is COc1ccc(N(C(=O)C(C)C)C2CCN(Cc3cccc(F)c3)CC2)cc1OC. The van der Waals surface area contributed by atoms with Crippen LogP contribution in [0.4, 0.5) is 10.1 Å². The van der Waals surface area contributed by atoms with Crippen LogP contribution >= 0.6 is 0 Å². The molecule has 2 aromatic carbocycles. The van der Waals surface area contributed by atoms with Gasteiger partial charge in [-0.05, 0) is 42.7 Å². The lowest BCUT2D eigenvalue weighted by Gasteiger charge is -2.39. The highest BCUT2D eigenvalue weighted by Crippen LogP contribution is 2.34. The summed E-state index contributed by atoms with van der Waals surface area (Å²) in [4.78, 5) is 17.3. The minimum atomic E-state index is -0.204. The highest BCUT2D eigenvalue weighted by atomic mass is 19.1. The van der Waals surface area contributed by atoms with Gasteiger partial charge in [0.2, 0.25) is 5.91 Å². The molecule has 0 radical (unpaired) electrons. The number of anilines is 1. The van der Waals surface area contributed by atoms with E-state index in [1.54, 1.807) is 26.4 Å². The molecule has 1 aliphatic rings. The van der Waals surface area contributed by atoms with Crippen molar-refractivity contribution in [1.29, 1.82) is 0 Å². The second kappa shape index (κ2) is 9.94. The third-order valence-corrected chi connectivity index (χ3v) is 5.59.